The molecule has 0 fully saturated rings. The summed E-state index contributed by atoms with van der Waals surface area (Å²) in [4.78, 5) is 11.6. The molecule has 1 N–H and O–H groups in total. The Morgan fingerprint density at radius 2 is 2.06 bits per heavy atom. The number of esters is 1. The van der Waals surface area contributed by atoms with Crippen LogP contribution >= 0.6 is 0 Å². The molecule has 2 bridgehead atoms. The smallest absolute Gasteiger partial charge is 0.305 e. The third-order valence-corrected chi connectivity index (χ3v) is 7.54. The van der Waals surface area contributed by atoms with Crippen molar-refractivity contribution in [1.29, 1.82) is 0 Å². The minimum Gasteiger partial charge on any atom is -0.464 e. The Labute approximate surface area is 199 Å². The number of hydrogen-bond acceptors (Lipinski definition) is 8. The highest BCUT2D eigenvalue weighted by molar-refractivity contribution is 7.89. The molecule has 1 aliphatic heterocycles. The third kappa shape index (κ3) is 7.05. The van der Waals surface area contributed by atoms with Gasteiger partial charge in [-0.3, -0.25) is 9.48 Å². The molecule has 0 saturated carbocycles. The van der Waals surface area contributed by atoms with E-state index in [0.29, 0.717) is 31.6 Å². The second-order valence-electron chi connectivity index (χ2n) is 8.61. The SMILES string of the molecule is C[C@H]1COC(=O)CCCn2cc(nn2)CO[C@@H](CN(C)S(=O)(=O)c2ccccc2F)[C@@H](C)CN1. The van der Waals surface area contributed by atoms with E-state index >= 15 is 0 Å². The van der Waals surface area contributed by atoms with Crippen LogP contribution < -0.4 is 5.32 Å². The summed E-state index contributed by atoms with van der Waals surface area (Å²) in [6.45, 7) is 5.22. The molecular formula is C22H32FN5O5S. The fourth-order valence-corrected chi connectivity index (χ4v) is 4.77. The van der Waals surface area contributed by atoms with Crippen LogP contribution in [-0.4, -0.2) is 72.6 Å². The van der Waals surface area contributed by atoms with E-state index in [1.807, 2.05) is 13.8 Å². The molecule has 188 valence electrons. The lowest BCUT2D eigenvalue weighted by Crippen LogP contribution is -2.43. The van der Waals surface area contributed by atoms with Crippen LogP contribution in [-0.2, 0) is 37.4 Å². The van der Waals surface area contributed by atoms with Crippen molar-refractivity contribution in [3.05, 3.63) is 42.0 Å². The Hall–Kier alpha value is -2.41. The average molecular weight is 498 g/mol. The zero-order valence-corrected chi connectivity index (χ0v) is 20.5. The van der Waals surface area contributed by atoms with Crippen molar-refractivity contribution in [1.82, 2.24) is 24.6 Å². The van der Waals surface area contributed by atoms with Crippen molar-refractivity contribution >= 4 is 16.0 Å². The van der Waals surface area contributed by atoms with Crippen molar-refractivity contribution in [3.8, 4) is 0 Å². The summed E-state index contributed by atoms with van der Waals surface area (Å²) in [5.74, 6) is -1.20. The molecule has 34 heavy (non-hydrogen) atoms. The number of nitrogens with zero attached hydrogens (tertiary/aromatic N) is 4. The molecule has 2 aromatic rings. The van der Waals surface area contributed by atoms with E-state index < -0.39 is 21.9 Å². The van der Waals surface area contributed by atoms with Crippen molar-refractivity contribution in [2.75, 3.05) is 26.7 Å². The topological polar surface area (TPSA) is 116 Å². The molecule has 12 heteroatoms. The number of rotatable bonds is 4. The zero-order valence-electron chi connectivity index (χ0n) is 19.7. The number of fused-ring (bicyclic) bond motifs is 2. The number of carbonyl (C=O) groups excluding carboxylic acids is 1. The quantitative estimate of drug-likeness (QED) is 0.633. The molecule has 1 aromatic carbocycles. The fourth-order valence-electron chi connectivity index (χ4n) is 3.53. The van der Waals surface area contributed by atoms with Crippen LogP contribution in [0.2, 0.25) is 0 Å². The van der Waals surface area contributed by atoms with Crippen molar-refractivity contribution in [2.24, 2.45) is 5.92 Å². The average Bonchev–Trinajstić information content (AvgIpc) is 3.25. The van der Waals surface area contributed by atoms with Crippen LogP contribution in [0.4, 0.5) is 4.39 Å². The number of halogens is 1. The number of aryl methyl sites for hydroxylation is 1. The molecule has 0 saturated heterocycles. The molecule has 3 atom stereocenters. The monoisotopic (exact) mass is 497 g/mol. The molecule has 3 rings (SSSR count). The van der Waals surface area contributed by atoms with Crippen LogP contribution in [0.25, 0.3) is 0 Å². The molecule has 2 heterocycles. The lowest BCUT2D eigenvalue weighted by atomic mass is 10.0. The number of hydrogen-bond donors (Lipinski definition) is 1. The molecular weight excluding hydrogens is 465 g/mol. The number of aromatic nitrogens is 3. The predicted molar refractivity (Wildman–Crippen MR) is 122 cm³/mol. The zero-order chi connectivity index (χ0) is 24.7. The highest BCUT2D eigenvalue weighted by Crippen LogP contribution is 2.20. The summed E-state index contributed by atoms with van der Waals surface area (Å²) in [7, 11) is -2.65. The van der Waals surface area contributed by atoms with Gasteiger partial charge in [0.2, 0.25) is 10.0 Å². The number of cyclic esters (lactones) is 1. The maximum absolute atomic E-state index is 14.2. The number of benzene rings is 1. The lowest BCUT2D eigenvalue weighted by molar-refractivity contribution is -0.144. The standard InChI is InChI=1S/C22H32FN5O5S/c1-16-11-24-17(2)14-33-22(29)9-6-10-28-12-18(25-26-28)15-32-20(16)13-27(3)34(30,31)21-8-5-4-7-19(21)23/h4-5,7-8,12,16-17,20,24H,6,9-11,13-15H2,1-3H3/t16-,17-,20-/m0/s1. The number of sulfonamides is 1. The molecule has 0 spiro atoms. The third-order valence-electron chi connectivity index (χ3n) is 5.68. The van der Waals surface area contributed by atoms with Crippen molar-refractivity contribution < 1.29 is 27.1 Å². The van der Waals surface area contributed by atoms with E-state index in [1.54, 1.807) is 10.9 Å². The summed E-state index contributed by atoms with van der Waals surface area (Å²) < 4.78 is 54.3. The van der Waals surface area contributed by atoms with Gasteiger partial charge in [-0.25, -0.2) is 12.8 Å². The van der Waals surface area contributed by atoms with Crippen LogP contribution in [0.15, 0.2) is 35.4 Å². The maximum Gasteiger partial charge on any atom is 0.305 e. The number of nitrogens with one attached hydrogen (secondary N) is 1. The van der Waals surface area contributed by atoms with E-state index in [9.17, 15) is 17.6 Å². The first kappa shape index (κ1) is 26.2. The highest BCUT2D eigenvalue weighted by Gasteiger charge is 2.29. The summed E-state index contributed by atoms with van der Waals surface area (Å²) >= 11 is 0. The van der Waals surface area contributed by atoms with Gasteiger partial charge in [0.05, 0.1) is 18.9 Å². The van der Waals surface area contributed by atoms with Gasteiger partial charge in [-0.05, 0) is 31.4 Å². The molecule has 0 amide bonds. The van der Waals surface area contributed by atoms with Crippen LogP contribution in [0.3, 0.4) is 0 Å². The van der Waals surface area contributed by atoms with Crippen LogP contribution in [0.5, 0.6) is 0 Å². The highest BCUT2D eigenvalue weighted by atomic mass is 32.2. The van der Waals surface area contributed by atoms with Gasteiger partial charge in [0, 0.05) is 39.1 Å². The fraction of sp³-hybridized carbons (Fsp3) is 0.591. The summed E-state index contributed by atoms with van der Waals surface area (Å²) in [6.07, 6.45) is 2.08. The van der Waals surface area contributed by atoms with Gasteiger partial charge < -0.3 is 14.8 Å². The second kappa shape index (κ2) is 11.8. The first-order valence-electron chi connectivity index (χ1n) is 11.3. The summed E-state index contributed by atoms with van der Waals surface area (Å²) in [5.41, 5.74) is 0.591. The maximum atomic E-state index is 14.2. The molecule has 0 unspecified atom stereocenters. The van der Waals surface area contributed by atoms with Gasteiger partial charge >= 0.3 is 5.97 Å². The van der Waals surface area contributed by atoms with Crippen LogP contribution in [0.1, 0.15) is 32.4 Å². The number of ether oxygens (including phenoxy) is 2. The van der Waals surface area contributed by atoms with Gasteiger partial charge in [-0.2, -0.15) is 4.31 Å². The van der Waals surface area contributed by atoms with Crippen molar-refractivity contribution in [3.63, 3.8) is 0 Å². The predicted octanol–water partition coefficient (Wildman–Crippen LogP) is 1.57. The van der Waals surface area contributed by atoms with Gasteiger partial charge in [-0.15, -0.1) is 5.10 Å². The lowest BCUT2D eigenvalue weighted by Gasteiger charge is -2.29. The molecule has 1 aromatic heterocycles. The van der Waals surface area contributed by atoms with Gasteiger partial charge in [-0.1, -0.05) is 24.3 Å². The first-order chi connectivity index (χ1) is 16.2. The van der Waals surface area contributed by atoms with Gasteiger partial charge in [0.25, 0.3) is 0 Å². The molecule has 1 aliphatic rings. The van der Waals surface area contributed by atoms with E-state index in [1.165, 1.54) is 25.2 Å². The minimum absolute atomic E-state index is 0.0109. The minimum atomic E-state index is -4.05. The Bertz CT molecular complexity index is 1060. The summed E-state index contributed by atoms with van der Waals surface area (Å²) in [5, 5.41) is 11.4. The van der Waals surface area contributed by atoms with Gasteiger partial charge in [0.15, 0.2) is 0 Å². The Morgan fingerprint density at radius 1 is 1.29 bits per heavy atom. The largest absolute Gasteiger partial charge is 0.464 e. The van der Waals surface area contributed by atoms with E-state index in [-0.39, 0.29) is 42.6 Å². The van der Waals surface area contributed by atoms with Crippen molar-refractivity contribution in [2.45, 2.75) is 56.9 Å². The number of carbonyl (C=O) groups is 1. The van der Waals surface area contributed by atoms with Gasteiger partial charge in [0.1, 0.15) is 23.0 Å². The Kier molecular flexibility index (Phi) is 9.11. The molecule has 0 aliphatic carbocycles. The van der Waals surface area contributed by atoms with Crippen LogP contribution in [0, 0.1) is 11.7 Å². The molecule has 0 radical (unpaired) electrons. The van der Waals surface area contributed by atoms with E-state index in [0.717, 1.165) is 10.4 Å². The summed E-state index contributed by atoms with van der Waals surface area (Å²) in [6, 6.07) is 5.20. The first-order valence-corrected chi connectivity index (χ1v) is 12.7. The van der Waals surface area contributed by atoms with E-state index in [2.05, 4.69) is 15.6 Å². The Balaban J connectivity index is 1.76. The number of likely N-dealkylation sites (N-methyl/N-ethyl adjacent to an activating group) is 1. The Morgan fingerprint density at radius 3 is 2.82 bits per heavy atom. The normalized spacial score (nSPS) is 23.6. The molecule has 10 nitrogen and oxygen atoms in total. The van der Waals surface area contributed by atoms with E-state index in [4.69, 9.17) is 9.47 Å². The second-order valence-corrected chi connectivity index (χ2v) is 10.6.